The lowest BCUT2D eigenvalue weighted by molar-refractivity contribution is 0.0234. The molecule has 0 amide bonds. The first-order valence-electron chi connectivity index (χ1n) is 12.1. The third-order valence-corrected chi connectivity index (χ3v) is 6.24. The van der Waals surface area contributed by atoms with Crippen LogP contribution in [0.3, 0.4) is 0 Å². The summed E-state index contributed by atoms with van der Waals surface area (Å²) < 4.78 is 12.5. The van der Waals surface area contributed by atoms with Crippen molar-refractivity contribution >= 4 is 10.9 Å². The second kappa shape index (κ2) is 11.6. The van der Waals surface area contributed by atoms with Crippen molar-refractivity contribution in [3.05, 3.63) is 59.8 Å². The van der Waals surface area contributed by atoms with Crippen LogP contribution in [0.1, 0.15) is 44.2 Å². The number of nitrogens with one attached hydrogen (secondary N) is 1. The Hall–Kier alpha value is -2.50. The molecule has 0 aliphatic heterocycles. The molecular formula is C28H41N3O2. The maximum absolute atomic E-state index is 6.30. The van der Waals surface area contributed by atoms with Gasteiger partial charge in [-0.15, -0.1) is 0 Å². The van der Waals surface area contributed by atoms with Gasteiger partial charge in [-0.05, 0) is 88.3 Å². The number of hydrogen-bond acceptors (Lipinski definition) is 4. The van der Waals surface area contributed by atoms with Crippen LogP contribution in [0.5, 0.6) is 11.5 Å². The topological polar surface area (TPSA) is 40.7 Å². The fourth-order valence-electron chi connectivity index (χ4n) is 4.74. The molecule has 0 fully saturated rings. The Bertz CT molecular complexity index is 1010. The van der Waals surface area contributed by atoms with Gasteiger partial charge in [-0.3, -0.25) is 0 Å². The molecule has 33 heavy (non-hydrogen) atoms. The zero-order chi connectivity index (χ0) is 24.0. The molecule has 1 aromatic heterocycles. The predicted octanol–water partition coefficient (Wildman–Crippen LogP) is 5.77. The van der Waals surface area contributed by atoms with Crippen molar-refractivity contribution in [2.24, 2.45) is 5.92 Å². The fourth-order valence-corrected chi connectivity index (χ4v) is 4.74. The van der Waals surface area contributed by atoms with Crippen LogP contribution in [0, 0.1) is 5.92 Å². The second-order valence-corrected chi connectivity index (χ2v) is 9.68. The van der Waals surface area contributed by atoms with Gasteiger partial charge < -0.3 is 24.3 Å². The molecule has 3 rings (SSSR count). The summed E-state index contributed by atoms with van der Waals surface area (Å²) in [7, 11) is 8.47. The molecule has 3 aromatic rings. The molecule has 1 heterocycles. The van der Waals surface area contributed by atoms with Crippen molar-refractivity contribution in [1.82, 2.24) is 14.8 Å². The van der Waals surface area contributed by atoms with E-state index in [4.69, 9.17) is 9.47 Å². The smallest absolute Gasteiger partial charge is 0.238 e. The van der Waals surface area contributed by atoms with Crippen LogP contribution in [0.2, 0.25) is 0 Å². The maximum atomic E-state index is 6.30. The van der Waals surface area contributed by atoms with E-state index < -0.39 is 6.29 Å². The van der Waals surface area contributed by atoms with E-state index in [1.165, 1.54) is 11.1 Å². The molecule has 3 atom stereocenters. The number of H-pyrrole nitrogens is 1. The minimum Gasteiger partial charge on any atom is -0.455 e. The van der Waals surface area contributed by atoms with Crippen LogP contribution in [0.4, 0.5) is 0 Å². The summed E-state index contributed by atoms with van der Waals surface area (Å²) in [5.74, 6) is 2.78. The Morgan fingerprint density at radius 3 is 2.39 bits per heavy atom. The summed E-state index contributed by atoms with van der Waals surface area (Å²) in [5, 5.41) is 1.15. The number of aromatic amines is 1. The van der Waals surface area contributed by atoms with Gasteiger partial charge in [0.05, 0.1) is 0 Å². The number of hydrogen-bond donors (Lipinski definition) is 1. The molecule has 0 aliphatic rings. The van der Waals surface area contributed by atoms with Crippen molar-refractivity contribution in [1.29, 1.82) is 0 Å². The average molecular weight is 452 g/mol. The SMILES string of the molecule is CC[C@H](c1cccc(OC(C)Oc2cccc3[nH]cc(CCN(C)C)c23)c1)[C@H](C)CN(C)C. The molecule has 0 spiro atoms. The van der Waals surface area contributed by atoms with Crippen LogP contribution in [0.15, 0.2) is 48.7 Å². The van der Waals surface area contributed by atoms with Crippen LogP contribution >= 0.6 is 0 Å². The first-order chi connectivity index (χ1) is 15.8. The zero-order valence-corrected chi connectivity index (χ0v) is 21.4. The quantitative estimate of drug-likeness (QED) is 0.355. The van der Waals surface area contributed by atoms with Gasteiger partial charge in [-0.2, -0.15) is 0 Å². The fraction of sp³-hybridized carbons (Fsp3) is 0.500. The van der Waals surface area contributed by atoms with Crippen molar-refractivity contribution in [3.8, 4) is 11.5 Å². The third kappa shape index (κ3) is 6.75. The van der Waals surface area contributed by atoms with E-state index in [2.05, 4.69) is 87.3 Å². The maximum Gasteiger partial charge on any atom is 0.238 e. The molecule has 5 heteroatoms. The lowest BCUT2D eigenvalue weighted by atomic mass is 9.85. The van der Waals surface area contributed by atoms with Crippen molar-refractivity contribution in [3.63, 3.8) is 0 Å². The zero-order valence-electron chi connectivity index (χ0n) is 21.4. The summed E-state index contributed by atoms with van der Waals surface area (Å²) in [6.07, 6.45) is 3.77. The Morgan fingerprint density at radius 2 is 1.70 bits per heavy atom. The summed E-state index contributed by atoms with van der Waals surface area (Å²) in [5.41, 5.74) is 3.69. The van der Waals surface area contributed by atoms with Gasteiger partial charge in [0.1, 0.15) is 11.5 Å². The van der Waals surface area contributed by atoms with Crippen LogP contribution < -0.4 is 9.47 Å². The molecule has 1 unspecified atom stereocenters. The molecule has 0 saturated carbocycles. The lowest BCUT2D eigenvalue weighted by Gasteiger charge is -2.26. The number of aromatic nitrogens is 1. The van der Waals surface area contributed by atoms with Gasteiger partial charge in [-0.25, -0.2) is 0 Å². The van der Waals surface area contributed by atoms with Crippen molar-refractivity contribution in [2.45, 2.75) is 45.8 Å². The highest BCUT2D eigenvalue weighted by molar-refractivity contribution is 5.89. The molecule has 0 bridgehead atoms. The Kier molecular flexibility index (Phi) is 8.81. The molecule has 5 nitrogen and oxygen atoms in total. The number of rotatable bonds is 12. The summed E-state index contributed by atoms with van der Waals surface area (Å²) in [6, 6.07) is 14.7. The van der Waals surface area contributed by atoms with E-state index in [0.29, 0.717) is 11.8 Å². The number of ether oxygens (including phenoxy) is 2. The number of nitrogens with zero attached hydrogens (tertiary/aromatic N) is 2. The van der Waals surface area contributed by atoms with Gasteiger partial charge in [0.15, 0.2) is 0 Å². The van der Waals surface area contributed by atoms with Crippen molar-refractivity contribution < 1.29 is 9.47 Å². The number of likely N-dealkylation sites (N-methyl/N-ethyl adjacent to an activating group) is 1. The molecule has 2 aromatic carbocycles. The summed E-state index contributed by atoms with van der Waals surface area (Å²) in [6.45, 7) is 8.62. The van der Waals surface area contributed by atoms with Crippen LogP contribution in [-0.2, 0) is 6.42 Å². The summed E-state index contributed by atoms with van der Waals surface area (Å²) >= 11 is 0. The molecule has 0 aliphatic carbocycles. The Morgan fingerprint density at radius 1 is 0.939 bits per heavy atom. The minimum absolute atomic E-state index is 0.401. The number of fused-ring (bicyclic) bond motifs is 1. The van der Waals surface area contributed by atoms with E-state index in [0.717, 1.165) is 48.3 Å². The standard InChI is InChI=1S/C28H41N3O2/c1-8-25(20(2)19-31(6)7)22-11-9-12-24(17-22)32-21(3)33-27-14-10-13-26-28(27)23(18-29-26)15-16-30(4)5/h9-14,17-18,20-21,25,29H,8,15-16,19H2,1-7H3/t20-,21?,25+/m1/s1. The first kappa shape index (κ1) is 25.1. The van der Waals surface area contributed by atoms with Gasteiger partial charge in [0.2, 0.25) is 6.29 Å². The van der Waals surface area contributed by atoms with Gasteiger partial charge in [0, 0.05) is 37.1 Å². The van der Waals surface area contributed by atoms with E-state index in [-0.39, 0.29) is 0 Å². The highest BCUT2D eigenvalue weighted by Gasteiger charge is 2.19. The van der Waals surface area contributed by atoms with Gasteiger partial charge in [0.25, 0.3) is 0 Å². The van der Waals surface area contributed by atoms with E-state index in [9.17, 15) is 0 Å². The monoisotopic (exact) mass is 451 g/mol. The highest BCUT2D eigenvalue weighted by atomic mass is 16.7. The largest absolute Gasteiger partial charge is 0.455 e. The second-order valence-electron chi connectivity index (χ2n) is 9.68. The Labute approximate surface area is 199 Å². The average Bonchev–Trinajstić information content (AvgIpc) is 3.16. The van der Waals surface area contributed by atoms with Crippen molar-refractivity contribution in [2.75, 3.05) is 41.3 Å². The van der Waals surface area contributed by atoms with Crippen LogP contribution in [-0.4, -0.2) is 62.4 Å². The van der Waals surface area contributed by atoms with E-state index in [1.807, 2.05) is 25.1 Å². The normalized spacial score (nSPS) is 14.6. The molecule has 1 N–H and O–H groups in total. The molecule has 0 radical (unpaired) electrons. The van der Waals surface area contributed by atoms with E-state index in [1.54, 1.807) is 0 Å². The van der Waals surface area contributed by atoms with Gasteiger partial charge >= 0.3 is 0 Å². The first-order valence-corrected chi connectivity index (χ1v) is 12.1. The summed E-state index contributed by atoms with van der Waals surface area (Å²) in [4.78, 5) is 7.84. The number of benzene rings is 2. The molecular weight excluding hydrogens is 410 g/mol. The van der Waals surface area contributed by atoms with Gasteiger partial charge in [-0.1, -0.05) is 32.0 Å². The minimum atomic E-state index is -0.401. The highest BCUT2D eigenvalue weighted by Crippen LogP contribution is 2.32. The predicted molar refractivity (Wildman–Crippen MR) is 138 cm³/mol. The lowest BCUT2D eigenvalue weighted by Crippen LogP contribution is -2.24. The third-order valence-electron chi connectivity index (χ3n) is 6.24. The van der Waals surface area contributed by atoms with Crippen LogP contribution in [0.25, 0.3) is 10.9 Å². The molecule has 180 valence electrons. The Balaban J connectivity index is 1.74. The molecule has 0 saturated heterocycles. The van der Waals surface area contributed by atoms with E-state index >= 15 is 0 Å².